The van der Waals surface area contributed by atoms with Crippen LogP contribution in [0.25, 0.3) is 0 Å². The van der Waals surface area contributed by atoms with E-state index in [4.69, 9.17) is 0 Å². The third kappa shape index (κ3) is 25.8. The van der Waals surface area contributed by atoms with E-state index >= 15 is 4.79 Å². The third-order valence-electron chi connectivity index (χ3n) is 24.7. The molecular weight excluding hydrogens is 1120 g/mol. The zero-order valence-electron chi connectivity index (χ0n) is 65.1. The van der Waals surface area contributed by atoms with Crippen LogP contribution in [0.4, 0.5) is 0 Å². The Morgan fingerprint density at radius 1 is 0.323 bits per heavy atom. The molecule has 0 amide bonds. The van der Waals surface area contributed by atoms with Gasteiger partial charge in [-0.05, 0) is 185 Å². The summed E-state index contributed by atoms with van der Waals surface area (Å²) >= 11 is 0. The number of Topliss-reactive ketones (excluding diaryl/α,β-unsaturated/α-hetero) is 2. The topological polar surface area (TPSA) is 34.1 Å². The second-order valence-electron chi connectivity index (χ2n) is 34.5. The van der Waals surface area contributed by atoms with Gasteiger partial charge in [-0.2, -0.15) is 0 Å². The van der Waals surface area contributed by atoms with Crippen molar-refractivity contribution in [3.05, 3.63) is 91.2 Å². The summed E-state index contributed by atoms with van der Waals surface area (Å²) in [6.45, 7) is 40.3. The van der Waals surface area contributed by atoms with Gasteiger partial charge in [-0.1, -0.05) is 355 Å². The van der Waals surface area contributed by atoms with Crippen LogP contribution >= 0.6 is 0 Å². The van der Waals surface area contributed by atoms with Gasteiger partial charge in [0.05, 0.1) is 10.8 Å². The summed E-state index contributed by atoms with van der Waals surface area (Å²) < 4.78 is 0. The van der Waals surface area contributed by atoms with Gasteiger partial charge < -0.3 is 0 Å². The Morgan fingerprint density at radius 3 is 1.15 bits per heavy atom. The highest BCUT2D eigenvalue weighted by molar-refractivity contribution is 6.09. The van der Waals surface area contributed by atoms with E-state index in [9.17, 15) is 4.79 Å². The molecule has 6 aliphatic carbocycles. The first-order valence-electron chi connectivity index (χ1n) is 41.4. The van der Waals surface area contributed by atoms with Crippen LogP contribution in [0.15, 0.2) is 91.2 Å². The van der Waals surface area contributed by atoms with Crippen molar-refractivity contribution in [1.29, 1.82) is 0 Å². The van der Waals surface area contributed by atoms with Crippen LogP contribution in [-0.4, -0.2) is 11.6 Å². The molecule has 9 atom stereocenters. The predicted molar refractivity (Wildman–Crippen MR) is 411 cm³/mol. The lowest BCUT2D eigenvalue weighted by atomic mass is 9.61. The Morgan fingerprint density at radius 2 is 0.688 bits per heavy atom. The SMILES string of the molecule is CCCCCCCC(CCC1(CCC(C)CCCC(C)CCCC(C)C)C(=O)C2=C(CC(C)=C2)C2=C1C=C(C)C2)C(C)CCC(CCCCC)CCC(C)CC.CCCCCCCCCCCCC1(CCC(C)CCCC(C)C)C(=O)C2=C(CC(C)=C2)C2=C1C=C(C)C2. The maximum Gasteiger partial charge on any atom is 0.173 e. The fourth-order valence-electron chi connectivity index (χ4n) is 18.0. The molecule has 6 aliphatic rings. The van der Waals surface area contributed by atoms with Crippen LogP contribution in [-0.2, 0) is 9.59 Å². The van der Waals surface area contributed by atoms with Crippen molar-refractivity contribution < 1.29 is 9.59 Å². The highest BCUT2D eigenvalue weighted by atomic mass is 16.1. The summed E-state index contributed by atoms with van der Waals surface area (Å²) in [7, 11) is 0. The van der Waals surface area contributed by atoms with Gasteiger partial charge in [0.15, 0.2) is 11.6 Å². The first-order valence-corrected chi connectivity index (χ1v) is 41.4. The molecule has 0 radical (unpaired) electrons. The second-order valence-corrected chi connectivity index (χ2v) is 34.5. The zero-order chi connectivity index (χ0) is 67.9. The van der Waals surface area contributed by atoms with E-state index in [2.05, 4.69) is 142 Å². The Bertz CT molecular complexity index is 2500. The van der Waals surface area contributed by atoms with Crippen LogP contribution in [0.1, 0.15) is 407 Å². The fourth-order valence-corrected chi connectivity index (χ4v) is 18.0. The van der Waals surface area contributed by atoms with Gasteiger partial charge in [-0.15, -0.1) is 0 Å². The van der Waals surface area contributed by atoms with Crippen molar-refractivity contribution in [3.63, 3.8) is 0 Å². The van der Waals surface area contributed by atoms with Crippen molar-refractivity contribution in [3.8, 4) is 0 Å². The van der Waals surface area contributed by atoms with Crippen molar-refractivity contribution in [1.82, 2.24) is 0 Å². The van der Waals surface area contributed by atoms with Crippen LogP contribution in [0.2, 0.25) is 0 Å². The monoisotopic (exact) mass is 1280 g/mol. The minimum absolute atomic E-state index is 0.278. The molecule has 530 valence electrons. The maximum atomic E-state index is 15.2. The molecule has 0 aromatic heterocycles. The molecule has 2 nitrogen and oxygen atoms in total. The van der Waals surface area contributed by atoms with Crippen molar-refractivity contribution in [2.24, 2.45) is 64.1 Å². The zero-order valence-corrected chi connectivity index (χ0v) is 65.1. The summed E-state index contributed by atoms with van der Waals surface area (Å²) in [6.07, 6.45) is 67.5. The molecule has 0 fully saturated rings. The Kier molecular flexibility index (Phi) is 37.4. The van der Waals surface area contributed by atoms with Crippen molar-refractivity contribution in [2.75, 3.05) is 0 Å². The van der Waals surface area contributed by atoms with Gasteiger partial charge in [-0.3, -0.25) is 9.59 Å². The average Bonchev–Trinajstić information content (AvgIpc) is 1.63. The highest BCUT2D eigenvalue weighted by Crippen LogP contribution is 2.58. The molecule has 93 heavy (non-hydrogen) atoms. The average molecular weight is 1280 g/mol. The lowest BCUT2D eigenvalue weighted by Gasteiger charge is -2.40. The van der Waals surface area contributed by atoms with Gasteiger partial charge in [0, 0.05) is 11.1 Å². The number of carbonyl (C=O) groups is 2. The quantitative estimate of drug-likeness (QED) is 0.0569. The van der Waals surface area contributed by atoms with E-state index < -0.39 is 0 Å². The van der Waals surface area contributed by atoms with Gasteiger partial charge in [-0.25, -0.2) is 0 Å². The molecule has 6 rings (SSSR count). The van der Waals surface area contributed by atoms with E-state index in [1.54, 1.807) is 5.57 Å². The summed E-state index contributed by atoms with van der Waals surface area (Å²) in [4.78, 5) is 29.6. The summed E-state index contributed by atoms with van der Waals surface area (Å²) in [5.41, 5.74) is 16.0. The molecule has 0 aliphatic heterocycles. The summed E-state index contributed by atoms with van der Waals surface area (Å²) in [5.74, 6) is 7.97. The molecule has 0 spiro atoms. The maximum absolute atomic E-state index is 15.2. The number of unbranched alkanes of at least 4 members (excludes halogenated alkanes) is 15. The van der Waals surface area contributed by atoms with E-state index in [0.29, 0.717) is 29.3 Å². The number of carbonyl (C=O) groups excluding carboxylic acids is 2. The second kappa shape index (κ2) is 42.9. The first-order chi connectivity index (χ1) is 44.6. The number of rotatable bonds is 50. The predicted octanol–water partition coefficient (Wildman–Crippen LogP) is 29.5. The van der Waals surface area contributed by atoms with Crippen LogP contribution in [0.5, 0.6) is 0 Å². The van der Waals surface area contributed by atoms with Gasteiger partial charge in [0.25, 0.3) is 0 Å². The molecule has 0 saturated heterocycles. The first kappa shape index (κ1) is 80.9. The van der Waals surface area contributed by atoms with Gasteiger partial charge >= 0.3 is 0 Å². The minimum atomic E-state index is -0.343. The third-order valence-corrected chi connectivity index (χ3v) is 24.7. The molecule has 0 heterocycles. The van der Waals surface area contributed by atoms with Gasteiger partial charge in [0.1, 0.15) is 0 Å². The Balaban J connectivity index is 0.000000366. The van der Waals surface area contributed by atoms with Crippen molar-refractivity contribution >= 4 is 11.6 Å². The lowest BCUT2D eigenvalue weighted by Crippen LogP contribution is -2.38. The number of ketones is 2. The fraction of sp³-hybridized carbons (Fsp3) is 0.802. The lowest BCUT2D eigenvalue weighted by molar-refractivity contribution is -0.124. The number of fused-ring (bicyclic) bond motifs is 2. The standard InChI is InChI=1S/C55H96O.C36H58O/c1-12-15-17-18-20-28-49(47(11)30-32-48(27-19-16-13-2)31-29-42(6)14-3)34-36-55(35-33-44(8)26-22-25-43(7)24-21-23-41(4)5)53-40-46(10)38-51(53)50-37-45(9)39-52(50)54(55)56;1-7-8-9-10-11-12-13-14-15-16-21-36(22-20-28(4)19-17-18-27(2)3)34-26-30(6)24-32(34)31-23-29(5)25-33(31)35(36)37/h39-44,47-49H,12-38H2,1-11H3;25-28H,7-24H2,1-6H3. The van der Waals surface area contributed by atoms with Crippen LogP contribution in [0, 0.1) is 64.1 Å². The Hall–Kier alpha value is -2.74. The molecular formula is C91H154O2. The van der Waals surface area contributed by atoms with Gasteiger partial charge in [0.2, 0.25) is 0 Å². The van der Waals surface area contributed by atoms with E-state index in [0.717, 1.165) is 98.0 Å². The number of hydrogen-bond acceptors (Lipinski definition) is 2. The largest absolute Gasteiger partial charge is 0.293 e. The van der Waals surface area contributed by atoms with Crippen LogP contribution in [0.3, 0.4) is 0 Å². The molecule has 2 heteroatoms. The Labute approximate surface area is 579 Å². The molecule has 0 N–H and O–H groups in total. The molecule has 9 unspecified atom stereocenters. The normalized spacial score (nSPS) is 21.8. The molecule has 0 saturated carbocycles. The number of allylic oxidation sites excluding steroid dienone is 16. The van der Waals surface area contributed by atoms with E-state index in [1.165, 1.54) is 288 Å². The molecule has 0 aromatic rings. The molecule has 0 bridgehead atoms. The highest BCUT2D eigenvalue weighted by Gasteiger charge is 2.51. The number of hydrogen-bond donors (Lipinski definition) is 0. The minimum Gasteiger partial charge on any atom is -0.293 e. The smallest absolute Gasteiger partial charge is 0.173 e. The van der Waals surface area contributed by atoms with E-state index in [-0.39, 0.29) is 10.8 Å². The van der Waals surface area contributed by atoms with E-state index in [1.807, 2.05) is 0 Å². The molecule has 0 aromatic carbocycles. The summed E-state index contributed by atoms with van der Waals surface area (Å²) in [5, 5.41) is 0. The van der Waals surface area contributed by atoms with Crippen LogP contribution < -0.4 is 0 Å². The summed E-state index contributed by atoms with van der Waals surface area (Å²) in [6, 6.07) is 0. The van der Waals surface area contributed by atoms with Crippen molar-refractivity contribution in [2.45, 2.75) is 407 Å².